The molecule has 2 rings (SSSR count). The van der Waals surface area contributed by atoms with Gasteiger partial charge in [0.1, 0.15) is 5.75 Å². The first-order chi connectivity index (χ1) is 9.79. The normalized spacial score (nSPS) is 11.3. The van der Waals surface area contributed by atoms with Crippen LogP contribution in [-0.2, 0) is 6.18 Å². The summed E-state index contributed by atoms with van der Waals surface area (Å²) in [6.07, 6.45) is -4.62. The van der Waals surface area contributed by atoms with Crippen molar-refractivity contribution in [3.05, 3.63) is 40.0 Å². The Morgan fingerprint density at radius 1 is 1.24 bits per heavy atom. The lowest BCUT2D eigenvalue weighted by Crippen LogP contribution is -2.15. The third-order valence-electron chi connectivity index (χ3n) is 2.47. The van der Waals surface area contributed by atoms with Crippen LogP contribution in [0.25, 0.3) is 0 Å². The van der Waals surface area contributed by atoms with Crippen molar-refractivity contribution in [2.45, 2.75) is 13.1 Å². The van der Waals surface area contributed by atoms with Crippen LogP contribution in [0.4, 0.5) is 19.1 Å². The summed E-state index contributed by atoms with van der Waals surface area (Å²) in [6, 6.07) is 5.80. The summed E-state index contributed by atoms with van der Waals surface area (Å²) in [7, 11) is 0. The van der Waals surface area contributed by atoms with Crippen LogP contribution in [0.2, 0.25) is 0 Å². The van der Waals surface area contributed by atoms with E-state index in [1.165, 1.54) is 0 Å². The number of nitrogens with zero attached hydrogens (tertiary/aromatic N) is 2. The van der Waals surface area contributed by atoms with Crippen LogP contribution in [0.1, 0.15) is 11.3 Å². The zero-order valence-electron chi connectivity index (χ0n) is 10.7. The average molecular weight is 363 g/mol. The second-order valence-electron chi connectivity index (χ2n) is 4.07. The lowest BCUT2D eigenvalue weighted by Gasteiger charge is -2.12. The molecular weight excluding hydrogens is 353 g/mol. The van der Waals surface area contributed by atoms with E-state index in [1.807, 2.05) is 5.43 Å². The minimum atomic E-state index is -4.62. The SMILES string of the molecule is Cc1cc(Br)ccc1Oc1cc(C(F)(F)F)nc(NN)n1. The van der Waals surface area contributed by atoms with Gasteiger partial charge in [-0.3, -0.25) is 5.43 Å². The van der Waals surface area contributed by atoms with E-state index in [1.54, 1.807) is 25.1 Å². The van der Waals surface area contributed by atoms with Crippen molar-refractivity contribution >= 4 is 21.9 Å². The van der Waals surface area contributed by atoms with Gasteiger partial charge in [0, 0.05) is 10.5 Å². The van der Waals surface area contributed by atoms with E-state index >= 15 is 0 Å². The highest BCUT2D eigenvalue weighted by atomic mass is 79.9. The van der Waals surface area contributed by atoms with Gasteiger partial charge in [-0.25, -0.2) is 10.8 Å². The Balaban J connectivity index is 2.39. The highest BCUT2D eigenvalue weighted by Crippen LogP contribution is 2.32. The van der Waals surface area contributed by atoms with Crippen LogP contribution in [0, 0.1) is 6.92 Å². The van der Waals surface area contributed by atoms with Crippen LogP contribution in [-0.4, -0.2) is 9.97 Å². The van der Waals surface area contributed by atoms with Crippen molar-refractivity contribution in [1.82, 2.24) is 9.97 Å². The van der Waals surface area contributed by atoms with Gasteiger partial charge >= 0.3 is 6.18 Å². The summed E-state index contributed by atoms with van der Waals surface area (Å²) in [5, 5.41) is 0. The molecule has 0 atom stereocenters. The van der Waals surface area contributed by atoms with Crippen molar-refractivity contribution in [2.24, 2.45) is 5.84 Å². The molecule has 5 nitrogen and oxygen atoms in total. The van der Waals surface area contributed by atoms with Crippen molar-refractivity contribution in [3.8, 4) is 11.6 Å². The predicted octanol–water partition coefficient (Wildman–Crippen LogP) is 3.64. The number of benzene rings is 1. The summed E-state index contributed by atoms with van der Waals surface area (Å²) in [6.45, 7) is 1.76. The zero-order valence-corrected chi connectivity index (χ0v) is 12.3. The van der Waals surface area contributed by atoms with Crippen LogP contribution in [0.5, 0.6) is 11.6 Å². The Bertz CT molecular complexity index is 663. The Morgan fingerprint density at radius 3 is 2.52 bits per heavy atom. The van der Waals surface area contributed by atoms with Gasteiger partial charge in [-0.15, -0.1) is 0 Å². The molecule has 0 fully saturated rings. The number of nitrogen functional groups attached to an aromatic ring is 1. The molecule has 0 aliphatic carbocycles. The number of halogens is 4. The van der Waals surface area contributed by atoms with E-state index in [2.05, 4.69) is 25.9 Å². The minimum absolute atomic E-state index is 0.254. The number of rotatable bonds is 3. The number of hydrogen-bond acceptors (Lipinski definition) is 5. The molecule has 2 aromatic rings. The predicted molar refractivity (Wildman–Crippen MR) is 73.8 cm³/mol. The van der Waals surface area contributed by atoms with E-state index in [0.717, 1.165) is 10.0 Å². The average Bonchev–Trinajstić information content (AvgIpc) is 2.40. The zero-order chi connectivity index (χ0) is 15.6. The maximum Gasteiger partial charge on any atom is 0.433 e. The fourth-order valence-electron chi connectivity index (χ4n) is 1.53. The maximum absolute atomic E-state index is 12.7. The number of nitrogens with one attached hydrogen (secondary N) is 1. The van der Waals surface area contributed by atoms with Gasteiger partial charge in [0.2, 0.25) is 11.8 Å². The van der Waals surface area contributed by atoms with Gasteiger partial charge in [0.25, 0.3) is 0 Å². The van der Waals surface area contributed by atoms with E-state index in [0.29, 0.717) is 11.8 Å². The third kappa shape index (κ3) is 3.82. The molecule has 0 unspecified atom stereocenters. The first-order valence-corrected chi connectivity index (χ1v) is 6.46. The van der Waals surface area contributed by atoms with Gasteiger partial charge in [-0.2, -0.15) is 18.2 Å². The fourth-order valence-corrected chi connectivity index (χ4v) is 2.00. The lowest BCUT2D eigenvalue weighted by molar-refractivity contribution is -0.141. The number of aryl methyl sites for hydroxylation is 1. The van der Waals surface area contributed by atoms with Crippen molar-refractivity contribution in [2.75, 3.05) is 5.43 Å². The summed E-state index contributed by atoms with van der Waals surface area (Å²) in [5.74, 6) is 4.82. The van der Waals surface area contributed by atoms with Crippen LogP contribution >= 0.6 is 15.9 Å². The second kappa shape index (κ2) is 5.86. The monoisotopic (exact) mass is 362 g/mol. The number of nitrogens with two attached hydrogens (primary N) is 1. The molecule has 0 saturated carbocycles. The van der Waals surface area contributed by atoms with E-state index in [4.69, 9.17) is 10.6 Å². The Morgan fingerprint density at radius 2 is 1.95 bits per heavy atom. The molecule has 0 radical (unpaired) electrons. The van der Waals surface area contributed by atoms with Gasteiger partial charge in [0.15, 0.2) is 5.69 Å². The molecule has 21 heavy (non-hydrogen) atoms. The van der Waals surface area contributed by atoms with Crippen molar-refractivity contribution < 1.29 is 17.9 Å². The first kappa shape index (κ1) is 15.5. The smallest absolute Gasteiger partial charge is 0.433 e. The maximum atomic E-state index is 12.7. The Labute approximate surface area is 126 Å². The summed E-state index contributed by atoms with van der Waals surface area (Å²) < 4.78 is 44.4. The van der Waals surface area contributed by atoms with Crippen molar-refractivity contribution in [1.29, 1.82) is 0 Å². The summed E-state index contributed by atoms with van der Waals surface area (Å²) in [4.78, 5) is 6.98. The highest BCUT2D eigenvalue weighted by molar-refractivity contribution is 9.10. The largest absolute Gasteiger partial charge is 0.439 e. The fraction of sp³-hybridized carbons (Fsp3) is 0.167. The highest BCUT2D eigenvalue weighted by Gasteiger charge is 2.34. The molecule has 9 heteroatoms. The van der Waals surface area contributed by atoms with Crippen LogP contribution < -0.4 is 16.0 Å². The van der Waals surface area contributed by atoms with E-state index < -0.39 is 11.9 Å². The number of aromatic nitrogens is 2. The Hall–Kier alpha value is -1.87. The molecule has 1 heterocycles. The number of hydrazine groups is 1. The van der Waals surface area contributed by atoms with E-state index in [9.17, 15) is 13.2 Å². The molecule has 0 amide bonds. The molecular formula is C12H10BrF3N4O. The molecule has 0 aliphatic rings. The molecule has 0 spiro atoms. The number of ether oxygens (including phenoxy) is 1. The van der Waals surface area contributed by atoms with Gasteiger partial charge in [-0.1, -0.05) is 15.9 Å². The van der Waals surface area contributed by atoms with Gasteiger partial charge in [-0.05, 0) is 30.7 Å². The molecule has 3 N–H and O–H groups in total. The molecule has 1 aromatic carbocycles. The molecule has 112 valence electrons. The Kier molecular flexibility index (Phi) is 4.33. The first-order valence-electron chi connectivity index (χ1n) is 5.66. The molecule has 0 saturated heterocycles. The topological polar surface area (TPSA) is 73.1 Å². The standard InChI is InChI=1S/C12H10BrF3N4O/c1-6-4-7(13)2-3-8(6)21-10-5-9(12(14,15)16)18-11(19-10)20-17/h2-5H,17H2,1H3,(H,18,19,20). The number of alkyl halides is 3. The second-order valence-corrected chi connectivity index (χ2v) is 4.98. The number of anilines is 1. The van der Waals surface area contributed by atoms with Crippen LogP contribution in [0.3, 0.4) is 0 Å². The third-order valence-corrected chi connectivity index (χ3v) is 2.97. The molecule has 0 bridgehead atoms. The summed E-state index contributed by atoms with van der Waals surface area (Å²) in [5.41, 5.74) is 1.57. The van der Waals surface area contributed by atoms with Gasteiger partial charge < -0.3 is 4.74 Å². The molecule has 0 aliphatic heterocycles. The number of hydrogen-bond donors (Lipinski definition) is 2. The minimum Gasteiger partial charge on any atom is -0.439 e. The quantitative estimate of drug-likeness (QED) is 0.644. The van der Waals surface area contributed by atoms with E-state index in [-0.39, 0.29) is 11.8 Å². The van der Waals surface area contributed by atoms with Gasteiger partial charge in [0.05, 0.1) is 0 Å². The lowest BCUT2D eigenvalue weighted by atomic mass is 10.2. The molecule has 1 aromatic heterocycles. The summed E-state index contributed by atoms with van der Waals surface area (Å²) >= 11 is 3.29. The van der Waals surface area contributed by atoms with Crippen LogP contribution in [0.15, 0.2) is 28.7 Å². The van der Waals surface area contributed by atoms with Crippen molar-refractivity contribution in [3.63, 3.8) is 0 Å².